The molecule has 1 atom stereocenters. The molecule has 3 nitrogen and oxygen atoms in total. The van der Waals surface area contributed by atoms with E-state index in [1.54, 1.807) is 20.3 Å². The first-order chi connectivity index (χ1) is 11.7. The van der Waals surface area contributed by atoms with Gasteiger partial charge in [-0.15, -0.1) is 0 Å². The summed E-state index contributed by atoms with van der Waals surface area (Å²) in [5, 5.41) is 10.7. The number of hydrogen-bond acceptors (Lipinski definition) is 3. The molecule has 0 aliphatic rings. The van der Waals surface area contributed by atoms with E-state index in [4.69, 9.17) is 9.47 Å². The van der Waals surface area contributed by atoms with Gasteiger partial charge in [-0.25, -0.2) is 0 Å². The Morgan fingerprint density at radius 3 is 2.04 bits per heavy atom. The highest BCUT2D eigenvalue weighted by Crippen LogP contribution is 2.33. The number of benzene rings is 3. The molecule has 0 heterocycles. The Hall–Kier alpha value is -2.78. The molecule has 24 heavy (non-hydrogen) atoms. The van der Waals surface area contributed by atoms with Gasteiger partial charge in [-0.2, -0.15) is 0 Å². The zero-order chi connectivity index (χ0) is 16.9. The second-order valence-corrected chi connectivity index (χ2v) is 5.50. The van der Waals surface area contributed by atoms with Crippen LogP contribution >= 0.6 is 0 Å². The maximum absolute atomic E-state index is 10.7. The summed E-state index contributed by atoms with van der Waals surface area (Å²) in [6, 6.07) is 23.5. The molecule has 3 aromatic carbocycles. The van der Waals surface area contributed by atoms with Crippen molar-refractivity contribution in [3.63, 3.8) is 0 Å². The van der Waals surface area contributed by atoms with Gasteiger partial charge in [0.05, 0.1) is 14.2 Å². The van der Waals surface area contributed by atoms with E-state index in [0.29, 0.717) is 17.1 Å². The molecule has 1 unspecified atom stereocenters. The zero-order valence-electron chi connectivity index (χ0n) is 13.8. The van der Waals surface area contributed by atoms with E-state index in [1.807, 2.05) is 54.6 Å². The van der Waals surface area contributed by atoms with Crippen molar-refractivity contribution in [3.8, 4) is 22.6 Å². The topological polar surface area (TPSA) is 38.7 Å². The van der Waals surface area contributed by atoms with Crippen LogP contribution < -0.4 is 9.47 Å². The van der Waals surface area contributed by atoms with E-state index in [-0.39, 0.29) is 0 Å². The fourth-order valence-electron chi connectivity index (χ4n) is 2.71. The van der Waals surface area contributed by atoms with Crippen LogP contribution in [-0.2, 0) is 0 Å². The summed E-state index contributed by atoms with van der Waals surface area (Å²) in [5.41, 5.74) is 3.80. The van der Waals surface area contributed by atoms with Crippen molar-refractivity contribution < 1.29 is 14.6 Å². The average Bonchev–Trinajstić information content (AvgIpc) is 2.67. The summed E-state index contributed by atoms with van der Waals surface area (Å²) in [6.45, 7) is 0. The van der Waals surface area contributed by atoms with Crippen LogP contribution in [0.15, 0.2) is 72.8 Å². The van der Waals surface area contributed by atoms with Crippen LogP contribution in [0.2, 0.25) is 0 Å². The number of rotatable bonds is 5. The van der Waals surface area contributed by atoms with Crippen molar-refractivity contribution in [1.82, 2.24) is 0 Å². The molecular formula is C21H20O3. The van der Waals surface area contributed by atoms with Crippen molar-refractivity contribution in [1.29, 1.82) is 0 Å². The van der Waals surface area contributed by atoms with E-state index in [2.05, 4.69) is 12.1 Å². The number of ether oxygens (including phenoxy) is 2. The molecule has 3 aromatic rings. The molecule has 0 radical (unpaired) electrons. The fourth-order valence-corrected chi connectivity index (χ4v) is 2.71. The number of aliphatic hydroxyl groups is 1. The molecule has 0 amide bonds. The van der Waals surface area contributed by atoms with E-state index in [1.165, 1.54) is 0 Å². The van der Waals surface area contributed by atoms with Gasteiger partial charge in [-0.1, -0.05) is 54.6 Å². The lowest BCUT2D eigenvalue weighted by molar-refractivity contribution is 0.214. The molecule has 3 rings (SSSR count). The van der Waals surface area contributed by atoms with Gasteiger partial charge in [-0.05, 0) is 28.8 Å². The first-order valence-corrected chi connectivity index (χ1v) is 7.78. The van der Waals surface area contributed by atoms with Gasteiger partial charge >= 0.3 is 0 Å². The predicted octanol–water partition coefficient (Wildman–Crippen LogP) is 4.45. The Morgan fingerprint density at radius 1 is 0.750 bits per heavy atom. The van der Waals surface area contributed by atoms with Crippen molar-refractivity contribution in [2.75, 3.05) is 14.2 Å². The second-order valence-electron chi connectivity index (χ2n) is 5.50. The van der Waals surface area contributed by atoms with Crippen LogP contribution in [0.5, 0.6) is 11.5 Å². The summed E-state index contributed by atoms with van der Waals surface area (Å²) >= 11 is 0. The highest BCUT2D eigenvalue weighted by atomic mass is 16.5. The lowest BCUT2D eigenvalue weighted by Gasteiger charge is -2.16. The molecule has 0 saturated carbocycles. The minimum absolute atomic E-state index is 0.606. The first-order valence-electron chi connectivity index (χ1n) is 7.78. The summed E-state index contributed by atoms with van der Waals surface area (Å²) in [7, 11) is 3.19. The number of aliphatic hydroxyl groups excluding tert-OH is 1. The number of methoxy groups -OCH3 is 2. The average molecular weight is 320 g/mol. The summed E-state index contributed by atoms with van der Waals surface area (Å²) in [6.07, 6.45) is -0.754. The summed E-state index contributed by atoms with van der Waals surface area (Å²) in [5.74, 6) is 1.30. The quantitative estimate of drug-likeness (QED) is 0.754. The second kappa shape index (κ2) is 7.20. The third-order valence-corrected chi connectivity index (χ3v) is 4.07. The molecule has 1 N–H and O–H groups in total. The smallest absolute Gasteiger partial charge is 0.128 e. The molecule has 0 aliphatic heterocycles. The van der Waals surface area contributed by atoms with Gasteiger partial charge in [0.25, 0.3) is 0 Å². The Balaban J connectivity index is 1.89. The third kappa shape index (κ3) is 3.26. The maximum atomic E-state index is 10.7. The molecule has 122 valence electrons. The SMILES string of the molecule is COc1ccc(C(O)c2ccc(-c3ccccc3)cc2)c(OC)c1. The minimum Gasteiger partial charge on any atom is -0.497 e. The van der Waals surface area contributed by atoms with Gasteiger partial charge in [0.2, 0.25) is 0 Å². The van der Waals surface area contributed by atoms with Gasteiger partial charge in [0.1, 0.15) is 17.6 Å². The maximum Gasteiger partial charge on any atom is 0.128 e. The highest BCUT2D eigenvalue weighted by Gasteiger charge is 2.16. The van der Waals surface area contributed by atoms with Gasteiger partial charge in [0, 0.05) is 11.6 Å². The summed E-state index contributed by atoms with van der Waals surface area (Å²) < 4.78 is 10.6. The molecule has 0 aliphatic carbocycles. The first kappa shape index (κ1) is 16.1. The van der Waals surface area contributed by atoms with Gasteiger partial charge in [0.15, 0.2) is 0 Å². The lowest BCUT2D eigenvalue weighted by atomic mass is 9.97. The van der Waals surface area contributed by atoms with Crippen LogP contribution in [0.3, 0.4) is 0 Å². The molecule has 3 heteroatoms. The van der Waals surface area contributed by atoms with Crippen molar-refractivity contribution in [2.24, 2.45) is 0 Å². The van der Waals surface area contributed by atoms with Crippen molar-refractivity contribution in [2.45, 2.75) is 6.10 Å². The Morgan fingerprint density at radius 2 is 1.42 bits per heavy atom. The van der Waals surface area contributed by atoms with E-state index >= 15 is 0 Å². The van der Waals surface area contributed by atoms with Crippen molar-refractivity contribution >= 4 is 0 Å². The predicted molar refractivity (Wildman–Crippen MR) is 95.5 cm³/mol. The highest BCUT2D eigenvalue weighted by molar-refractivity contribution is 5.63. The third-order valence-electron chi connectivity index (χ3n) is 4.07. The van der Waals surface area contributed by atoms with Gasteiger partial charge < -0.3 is 14.6 Å². The van der Waals surface area contributed by atoms with Crippen LogP contribution in [0.25, 0.3) is 11.1 Å². The zero-order valence-corrected chi connectivity index (χ0v) is 13.8. The van der Waals surface area contributed by atoms with E-state index in [0.717, 1.165) is 16.7 Å². The molecule has 0 bridgehead atoms. The Kier molecular flexibility index (Phi) is 4.82. The monoisotopic (exact) mass is 320 g/mol. The fraction of sp³-hybridized carbons (Fsp3) is 0.143. The van der Waals surface area contributed by atoms with Crippen molar-refractivity contribution in [3.05, 3.63) is 83.9 Å². The van der Waals surface area contributed by atoms with E-state index in [9.17, 15) is 5.11 Å². The molecule has 0 fully saturated rings. The van der Waals surface area contributed by atoms with E-state index < -0.39 is 6.10 Å². The number of hydrogen-bond donors (Lipinski definition) is 1. The van der Waals surface area contributed by atoms with Crippen LogP contribution in [0.1, 0.15) is 17.2 Å². The Labute approximate surface area is 142 Å². The Bertz CT molecular complexity index is 795. The normalized spacial score (nSPS) is 11.8. The molecule has 0 spiro atoms. The molecule has 0 saturated heterocycles. The molecular weight excluding hydrogens is 300 g/mol. The summed E-state index contributed by atoms with van der Waals surface area (Å²) in [4.78, 5) is 0. The van der Waals surface area contributed by atoms with Crippen LogP contribution in [0.4, 0.5) is 0 Å². The van der Waals surface area contributed by atoms with Crippen LogP contribution in [-0.4, -0.2) is 19.3 Å². The standard InChI is InChI=1S/C21H20O3/c1-23-18-12-13-19(20(14-18)24-2)21(22)17-10-8-16(9-11-17)15-6-4-3-5-7-15/h3-14,21-22H,1-2H3. The lowest BCUT2D eigenvalue weighted by Crippen LogP contribution is -2.02. The van der Waals surface area contributed by atoms with Crippen LogP contribution in [0, 0.1) is 0 Å². The molecule has 0 aromatic heterocycles. The minimum atomic E-state index is -0.754. The largest absolute Gasteiger partial charge is 0.497 e. The van der Waals surface area contributed by atoms with Gasteiger partial charge in [-0.3, -0.25) is 0 Å².